The number of hydrogen-bond donors (Lipinski definition) is 0. The first kappa shape index (κ1) is 18.5. The summed E-state index contributed by atoms with van der Waals surface area (Å²) in [7, 11) is 1.75. The van der Waals surface area contributed by atoms with E-state index in [1.165, 1.54) is 22.2 Å². The highest BCUT2D eigenvalue weighted by atomic mass is 32.2. The minimum Gasteiger partial charge on any atom is -0.349 e. The number of ketones is 1. The smallest absolute Gasteiger partial charge is 0.262 e. The SMILES string of the molecule is CCn1c(C)cc(C(=O)CSc2nc3sc4c(c3c(=O)n2C)CCC4)c1C. The van der Waals surface area contributed by atoms with Crippen LogP contribution in [0, 0.1) is 13.8 Å². The predicted octanol–water partition coefficient (Wildman–Crippen LogP) is 3.90. The number of carbonyl (C=O) groups is 1. The van der Waals surface area contributed by atoms with Crippen LogP contribution in [0.15, 0.2) is 16.0 Å². The van der Waals surface area contributed by atoms with Crippen molar-refractivity contribution in [3.63, 3.8) is 0 Å². The molecule has 3 aromatic heterocycles. The Morgan fingerprint density at radius 2 is 2.11 bits per heavy atom. The number of fused-ring (bicyclic) bond motifs is 3. The van der Waals surface area contributed by atoms with Crippen molar-refractivity contribution in [3.05, 3.63) is 43.8 Å². The van der Waals surface area contributed by atoms with Crippen LogP contribution in [-0.2, 0) is 26.4 Å². The fraction of sp³-hybridized carbons (Fsp3) is 0.450. The molecule has 0 atom stereocenters. The highest BCUT2D eigenvalue weighted by Gasteiger charge is 2.23. The van der Waals surface area contributed by atoms with Gasteiger partial charge in [-0.15, -0.1) is 11.3 Å². The molecule has 0 amide bonds. The van der Waals surface area contributed by atoms with Gasteiger partial charge in [-0.25, -0.2) is 4.98 Å². The van der Waals surface area contributed by atoms with Crippen LogP contribution in [-0.4, -0.2) is 25.7 Å². The van der Waals surface area contributed by atoms with Crippen molar-refractivity contribution in [2.24, 2.45) is 7.05 Å². The Morgan fingerprint density at radius 3 is 2.81 bits per heavy atom. The number of carbonyl (C=O) groups excluding carboxylic acids is 1. The summed E-state index contributed by atoms with van der Waals surface area (Å²) in [6.45, 7) is 6.95. The molecule has 0 bridgehead atoms. The molecule has 142 valence electrons. The third-order valence-electron chi connectivity index (χ3n) is 5.43. The summed E-state index contributed by atoms with van der Waals surface area (Å²) in [5.74, 6) is 0.362. The second kappa shape index (κ2) is 6.95. The molecule has 0 aromatic carbocycles. The van der Waals surface area contributed by atoms with Crippen molar-refractivity contribution in [3.8, 4) is 0 Å². The van der Waals surface area contributed by atoms with E-state index in [9.17, 15) is 9.59 Å². The molecule has 27 heavy (non-hydrogen) atoms. The quantitative estimate of drug-likeness (QED) is 0.370. The van der Waals surface area contributed by atoms with Crippen molar-refractivity contribution in [2.45, 2.75) is 51.7 Å². The number of hydrogen-bond acceptors (Lipinski definition) is 5. The zero-order chi connectivity index (χ0) is 19.3. The molecule has 4 rings (SSSR count). The molecule has 1 aliphatic carbocycles. The zero-order valence-corrected chi connectivity index (χ0v) is 17.7. The number of Topliss-reactive ketones (excluding diaryl/α,β-unsaturated/α-hetero) is 1. The van der Waals surface area contributed by atoms with Crippen LogP contribution >= 0.6 is 23.1 Å². The van der Waals surface area contributed by atoms with Gasteiger partial charge in [0, 0.05) is 35.4 Å². The molecule has 7 heteroatoms. The minimum atomic E-state index is 0.0125. The average Bonchev–Trinajstić information content (AvgIpc) is 3.29. The van der Waals surface area contributed by atoms with Gasteiger partial charge in [-0.1, -0.05) is 11.8 Å². The van der Waals surface area contributed by atoms with E-state index in [2.05, 4.69) is 11.5 Å². The van der Waals surface area contributed by atoms with E-state index < -0.39 is 0 Å². The fourth-order valence-electron chi connectivity index (χ4n) is 4.01. The molecule has 0 saturated heterocycles. The van der Waals surface area contributed by atoms with E-state index in [4.69, 9.17) is 4.98 Å². The molecule has 0 spiro atoms. The summed E-state index contributed by atoms with van der Waals surface area (Å²) in [5, 5.41) is 1.40. The van der Waals surface area contributed by atoms with Crippen molar-refractivity contribution in [2.75, 3.05) is 5.75 Å². The standard InChI is InChI=1S/C20H23N3O2S2/c1-5-23-11(2)9-14(12(23)3)15(24)10-26-20-21-18-17(19(25)22(20)4)13-7-6-8-16(13)27-18/h9H,5-8,10H2,1-4H3. The van der Waals surface area contributed by atoms with Gasteiger partial charge in [0.1, 0.15) is 4.83 Å². The lowest BCUT2D eigenvalue weighted by Gasteiger charge is -2.08. The molecular formula is C20H23N3O2S2. The topological polar surface area (TPSA) is 56.9 Å². The monoisotopic (exact) mass is 401 g/mol. The van der Waals surface area contributed by atoms with E-state index in [1.54, 1.807) is 23.0 Å². The Morgan fingerprint density at radius 1 is 1.33 bits per heavy atom. The van der Waals surface area contributed by atoms with E-state index in [1.807, 2.05) is 19.9 Å². The van der Waals surface area contributed by atoms with Gasteiger partial charge in [0.2, 0.25) is 0 Å². The molecule has 0 radical (unpaired) electrons. The maximum absolute atomic E-state index is 12.9. The molecule has 1 aliphatic rings. The summed E-state index contributed by atoms with van der Waals surface area (Å²) in [4.78, 5) is 32.4. The van der Waals surface area contributed by atoms with Crippen LogP contribution in [0.1, 0.15) is 45.5 Å². The lowest BCUT2D eigenvalue weighted by atomic mass is 10.2. The number of nitrogens with zero attached hydrogens (tertiary/aromatic N) is 3. The molecule has 0 N–H and O–H groups in total. The van der Waals surface area contributed by atoms with Gasteiger partial charge in [0.15, 0.2) is 10.9 Å². The normalized spacial score (nSPS) is 13.5. The Bertz CT molecular complexity index is 1120. The van der Waals surface area contributed by atoms with Crippen LogP contribution in [0.4, 0.5) is 0 Å². The van der Waals surface area contributed by atoms with Crippen molar-refractivity contribution in [1.29, 1.82) is 0 Å². The summed E-state index contributed by atoms with van der Waals surface area (Å²) in [6.07, 6.45) is 3.15. The van der Waals surface area contributed by atoms with E-state index >= 15 is 0 Å². The average molecular weight is 402 g/mol. The molecule has 3 heterocycles. The summed E-state index contributed by atoms with van der Waals surface area (Å²) in [5.41, 5.74) is 4.08. The number of rotatable bonds is 5. The lowest BCUT2D eigenvalue weighted by Crippen LogP contribution is -2.20. The number of aromatic nitrogens is 3. The largest absolute Gasteiger partial charge is 0.349 e. The first-order valence-corrected chi connectivity index (χ1v) is 11.1. The molecule has 5 nitrogen and oxygen atoms in total. The van der Waals surface area contributed by atoms with E-state index in [0.717, 1.165) is 53.0 Å². The molecule has 0 aliphatic heterocycles. The third kappa shape index (κ3) is 2.97. The maximum atomic E-state index is 12.9. The lowest BCUT2D eigenvalue weighted by molar-refractivity contribution is 0.102. The number of thiophene rings is 1. The third-order valence-corrected chi connectivity index (χ3v) is 7.64. The Labute approximate surface area is 166 Å². The molecule has 0 saturated carbocycles. The number of thioether (sulfide) groups is 1. The van der Waals surface area contributed by atoms with Crippen LogP contribution in [0.5, 0.6) is 0 Å². The second-order valence-corrected chi connectivity index (χ2v) is 9.06. The summed E-state index contributed by atoms with van der Waals surface area (Å²) < 4.78 is 3.74. The first-order chi connectivity index (χ1) is 12.9. The van der Waals surface area contributed by atoms with Crippen molar-refractivity contribution >= 4 is 39.1 Å². The first-order valence-electron chi connectivity index (χ1n) is 9.26. The molecule has 0 fully saturated rings. The van der Waals surface area contributed by atoms with Gasteiger partial charge in [0.05, 0.1) is 11.1 Å². The van der Waals surface area contributed by atoms with Crippen LogP contribution < -0.4 is 5.56 Å². The van der Waals surface area contributed by atoms with Gasteiger partial charge < -0.3 is 4.57 Å². The van der Waals surface area contributed by atoms with Gasteiger partial charge in [0.25, 0.3) is 5.56 Å². The fourth-order valence-corrected chi connectivity index (χ4v) is 6.17. The highest BCUT2D eigenvalue weighted by Crippen LogP contribution is 2.35. The van der Waals surface area contributed by atoms with Crippen molar-refractivity contribution < 1.29 is 4.79 Å². The van der Waals surface area contributed by atoms with Crippen LogP contribution in [0.3, 0.4) is 0 Å². The Hall–Kier alpha value is -1.86. The predicted molar refractivity (Wildman–Crippen MR) is 112 cm³/mol. The minimum absolute atomic E-state index is 0.0125. The second-order valence-electron chi connectivity index (χ2n) is 7.04. The number of aryl methyl sites for hydroxylation is 3. The Kier molecular flexibility index (Phi) is 4.76. The zero-order valence-electron chi connectivity index (χ0n) is 16.1. The van der Waals surface area contributed by atoms with Crippen LogP contribution in [0.25, 0.3) is 10.2 Å². The van der Waals surface area contributed by atoms with Gasteiger partial charge in [-0.2, -0.15) is 0 Å². The molecule has 3 aromatic rings. The van der Waals surface area contributed by atoms with E-state index in [0.29, 0.717) is 5.16 Å². The van der Waals surface area contributed by atoms with Gasteiger partial charge >= 0.3 is 0 Å². The highest BCUT2D eigenvalue weighted by molar-refractivity contribution is 7.99. The van der Waals surface area contributed by atoms with Crippen LogP contribution in [0.2, 0.25) is 0 Å². The van der Waals surface area contributed by atoms with E-state index in [-0.39, 0.29) is 17.1 Å². The summed E-state index contributed by atoms with van der Waals surface area (Å²) >= 11 is 2.99. The summed E-state index contributed by atoms with van der Waals surface area (Å²) in [6, 6.07) is 1.96. The van der Waals surface area contributed by atoms with Gasteiger partial charge in [-0.05, 0) is 51.7 Å². The molecule has 0 unspecified atom stereocenters. The molecular weight excluding hydrogens is 378 g/mol. The van der Waals surface area contributed by atoms with Crippen molar-refractivity contribution in [1.82, 2.24) is 14.1 Å². The Balaban J connectivity index is 1.62. The van der Waals surface area contributed by atoms with Gasteiger partial charge in [-0.3, -0.25) is 14.2 Å². The maximum Gasteiger partial charge on any atom is 0.262 e.